The zero-order valence-corrected chi connectivity index (χ0v) is 13.9. The third kappa shape index (κ3) is 4.92. The fourth-order valence-corrected chi connectivity index (χ4v) is 2.13. The highest BCUT2D eigenvalue weighted by Gasteiger charge is 2.11. The number of carbonyl (C=O) groups excluding carboxylic acids is 2. The number of methoxy groups -OCH3 is 1. The van der Waals surface area contributed by atoms with Crippen molar-refractivity contribution < 1.29 is 19.2 Å². The molecule has 1 amide bonds. The normalized spacial score (nSPS) is 10.0. The summed E-state index contributed by atoms with van der Waals surface area (Å²) in [5.74, 6) is -0.954. The number of hydrogen-bond acceptors (Lipinski definition) is 6. The van der Waals surface area contributed by atoms with Gasteiger partial charge in [0.1, 0.15) is 6.54 Å². The fraction of sp³-hybridized carbons (Fsp3) is 0.125. The number of rotatable bonds is 6. The van der Waals surface area contributed by atoms with E-state index >= 15 is 0 Å². The number of amides is 1. The van der Waals surface area contributed by atoms with Crippen LogP contribution in [0.1, 0.15) is 10.4 Å². The molecule has 0 unspecified atom stereocenters. The van der Waals surface area contributed by atoms with Gasteiger partial charge in [-0.15, -0.1) is 0 Å². The molecule has 0 heterocycles. The number of non-ortho nitro benzene ring substituents is 1. The van der Waals surface area contributed by atoms with Gasteiger partial charge in [0, 0.05) is 23.4 Å². The number of esters is 1. The maximum absolute atomic E-state index is 11.9. The van der Waals surface area contributed by atoms with Crippen LogP contribution in [-0.4, -0.2) is 30.5 Å². The number of hydrogen-bond donors (Lipinski definition) is 2. The summed E-state index contributed by atoms with van der Waals surface area (Å²) in [4.78, 5) is 33.0. The molecule has 0 aliphatic carbocycles. The van der Waals surface area contributed by atoms with Gasteiger partial charge in [0.15, 0.2) is 0 Å². The molecule has 0 spiro atoms. The Morgan fingerprint density at radius 1 is 1.20 bits per heavy atom. The van der Waals surface area contributed by atoms with Gasteiger partial charge >= 0.3 is 5.97 Å². The maximum Gasteiger partial charge on any atom is 0.325 e. The number of anilines is 2. The second kappa shape index (κ2) is 8.11. The van der Waals surface area contributed by atoms with E-state index in [-0.39, 0.29) is 17.3 Å². The van der Waals surface area contributed by atoms with Gasteiger partial charge in [-0.1, -0.05) is 11.6 Å². The monoisotopic (exact) mass is 363 g/mol. The molecule has 0 saturated heterocycles. The van der Waals surface area contributed by atoms with Crippen LogP contribution in [0.25, 0.3) is 0 Å². The van der Waals surface area contributed by atoms with E-state index in [0.29, 0.717) is 16.9 Å². The van der Waals surface area contributed by atoms with E-state index in [1.165, 1.54) is 25.3 Å². The van der Waals surface area contributed by atoms with Gasteiger partial charge in [-0.05, 0) is 30.3 Å². The van der Waals surface area contributed by atoms with Gasteiger partial charge < -0.3 is 15.4 Å². The lowest BCUT2D eigenvalue weighted by Gasteiger charge is -2.09. The Bertz CT molecular complexity index is 808. The minimum absolute atomic E-state index is 0.104. The van der Waals surface area contributed by atoms with Gasteiger partial charge in [0.05, 0.1) is 22.7 Å². The molecule has 8 nitrogen and oxygen atoms in total. The lowest BCUT2D eigenvalue weighted by atomic mass is 10.2. The summed E-state index contributed by atoms with van der Waals surface area (Å²) in [5, 5.41) is 16.3. The number of ether oxygens (including phenoxy) is 1. The first-order valence-electron chi connectivity index (χ1n) is 7.06. The van der Waals surface area contributed by atoms with Gasteiger partial charge in [-0.3, -0.25) is 19.7 Å². The topological polar surface area (TPSA) is 111 Å². The number of nitrogens with zero attached hydrogens (tertiary/aromatic N) is 1. The van der Waals surface area contributed by atoms with Crippen LogP contribution in [0, 0.1) is 10.1 Å². The molecule has 2 rings (SSSR count). The van der Waals surface area contributed by atoms with Crippen LogP contribution >= 0.6 is 11.6 Å². The summed E-state index contributed by atoms with van der Waals surface area (Å²) in [5.41, 5.74) is 1.40. The maximum atomic E-state index is 11.9. The van der Waals surface area contributed by atoms with Crippen molar-refractivity contribution in [2.75, 3.05) is 19.0 Å². The minimum atomic E-state index is -0.542. The Balaban J connectivity index is 2.04. The van der Waals surface area contributed by atoms with Gasteiger partial charge in [0.25, 0.3) is 11.6 Å². The molecule has 0 radical (unpaired) electrons. The third-order valence-electron chi connectivity index (χ3n) is 3.21. The number of benzene rings is 2. The van der Waals surface area contributed by atoms with Crippen LogP contribution in [0.15, 0.2) is 42.5 Å². The first kappa shape index (κ1) is 18.2. The van der Waals surface area contributed by atoms with E-state index in [9.17, 15) is 19.7 Å². The zero-order chi connectivity index (χ0) is 18.4. The number of nitro groups is 1. The lowest BCUT2D eigenvalue weighted by Crippen LogP contribution is -2.30. The molecule has 2 N–H and O–H groups in total. The molecular formula is C16H14ClN3O5. The third-order valence-corrected chi connectivity index (χ3v) is 3.52. The number of carbonyl (C=O) groups is 2. The summed E-state index contributed by atoms with van der Waals surface area (Å²) in [6, 6.07) is 10.5. The van der Waals surface area contributed by atoms with Crippen molar-refractivity contribution in [1.82, 2.24) is 5.32 Å². The SMILES string of the molecule is COC(=O)CNC(=O)c1ccc(Nc2ccc([N+](=O)[O-])cc2Cl)cc1. The molecule has 0 bridgehead atoms. The van der Waals surface area contributed by atoms with Crippen LogP contribution in [0.2, 0.25) is 5.02 Å². The average Bonchev–Trinajstić information content (AvgIpc) is 2.61. The van der Waals surface area contributed by atoms with Crippen LogP contribution in [-0.2, 0) is 9.53 Å². The molecule has 0 aliphatic heterocycles. The highest BCUT2D eigenvalue weighted by atomic mass is 35.5. The average molecular weight is 364 g/mol. The van der Waals surface area contributed by atoms with Crippen molar-refractivity contribution in [2.24, 2.45) is 0 Å². The van der Waals surface area contributed by atoms with Crippen LogP contribution < -0.4 is 10.6 Å². The first-order chi connectivity index (χ1) is 11.9. The van der Waals surface area contributed by atoms with Gasteiger partial charge in [-0.25, -0.2) is 0 Å². The number of halogens is 1. The smallest absolute Gasteiger partial charge is 0.325 e. The summed E-state index contributed by atoms with van der Waals surface area (Å²) in [7, 11) is 1.23. The molecule has 0 atom stereocenters. The molecule has 2 aromatic rings. The predicted molar refractivity (Wildman–Crippen MR) is 92.2 cm³/mol. The van der Waals surface area contributed by atoms with E-state index in [0.717, 1.165) is 0 Å². The Labute approximate surface area is 147 Å². The van der Waals surface area contributed by atoms with E-state index in [1.807, 2.05) is 0 Å². The molecule has 0 aliphatic rings. The summed E-state index contributed by atoms with van der Waals surface area (Å²) < 4.78 is 4.44. The van der Waals surface area contributed by atoms with E-state index < -0.39 is 16.8 Å². The Morgan fingerprint density at radius 2 is 1.88 bits per heavy atom. The van der Waals surface area contributed by atoms with Crippen molar-refractivity contribution in [1.29, 1.82) is 0 Å². The van der Waals surface area contributed by atoms with E-state index in [4.69, 9.17) is 11.6 Å². The predicted octanol–water partition coefficient (Wildman–Crippen LogP) is 2.89. The second-order valence-corrected chi connectivity index (χ2v) is 5.29. The summed E-state index contributed by atoms with van der Waals surface area (Å²) in [6.07, 6.45) is 0. The van der Waals surface area contributed by atoms with Crippen LogP contribution in [0.5, 0.6) is 0 Å². The van der Waals surface area contributed by atoms with Gasteiger partial charge in [-0.2, -0.15) is 0 Å². The standard InChI is InChI=1S/C16H14ClN3O5/c1-25-15(21)9-18-16(22)10-2-4-11(5-3-10)19-14-7-6-12(20(23)24)8-13(14)17/h2-8,19H,9H2,1H3,(H,18,22). The zero-order valence-electron chi connectivity index (χ0n) is 13.1. The molecule has 0 fully saturated rings. The molecule has 9 heteroatoms. The van der Waals surface area contributed by atoms with Crippen molar-refractivity contribution in [3.05, 3.63) is 63.2 Å². The largest absolute Gasteiger partial charge is 0.468 e. The van der Waals surface area contributed by atoms with Crippen molar-refractivity contribution >= 4 is 40.5 Å². The van der Waals surface area contributed by atoms with Crippen molar-refractivity contribution in [3.8, 4) is 0 Å². The molecule has 2 aromatic carbocycles. The van der Waals surface area contributed by atoms with Gasteiger partial charge in [0.2, 0.25) is 0 Å². The van der Waals surface area contributed by atoms with Crippen LogP contribution in [0.3, 0.4) is 0 Å². The molecule has 25 heavy (non-hydrogen) atoms. The Kier molecular flexibility index (Phi) is 5.91. The summed E-state index contributed by atoms with van der Waals surface area (Å²) in [6.45, 7) is -0.215. The molecule has 130 valence electrons. The fourth-order valence-electron chi connectivity index (χ4n) is 1.91. The minimum Gasteiger partial charge on any atom is -0.468 e. The highest BCUT2D eigenvalue weighted by molar-refractivity contribution is 6.33. The highest BCUT2D eigenvalue weighted by Crippen LogP contribution is 2.29. The first-order valence-corrected chi connectivity index (χ1v) is 7.44. The van der Waals surface area contributed by atoms with Crippen LogP contribution in [0.4, 0.5) is 17.1 Å². The Morgan fingerprint density at radius 3 is 2.44 bits per heavy atom. The lowest BCUT2D eigenvalue weighted by molar-refractivity contribution is -0.384. The number of nitro benzene ring substituents is 1. The second-order valence-electron chi connectivity index (χ2n) is 4.88. The van der Waals surface area contributed by atoms with Crippen molar-refractivity contribution in [2.45, 2.75) is 0 Å². The molecule has 0 saturated carbocycles. The van der Waals surface area contributed by atoms with E-state index in [2.05, 4.69) is 15.4 Å². The van der Waals surface area contributed by atoms with Crippen molar-refractivity contribution in [3.63, 3.8) is 0 Å². The number of nitrogens with one attached hydrogen (secondary N) is 2. The summed E-state index contributed by atoms with van der Waals surface area (Å²) >= 11 is 6.01. The molecule has 0 aromatic heterocycles. The molecular weight excluding hydrogens is 350 g/mol. The quantitative estimate of drug-likeness (QED) is 0.464. The Hall–Kier alpha value is -3.13. The van der Waals surface area contributed by atoms with E-state index in [1.54, 1.807) is 24.3 Å².